The normalized spacial score (nSPS) is 21.5. The molecule has 0 spiro atoms. The molecule has 1 aromatic carbocycles. The lowest BCUT2D eigenvalue weighted by molar-refractivity contribution is -0.117. The van der Waals surface area contributed by atoms with E-state index in [2.05, 4.69) is 10.3 Å². The average molecular weight is 335 g/mol. The number of benzene rings is 1. The van der Waals surface area contributed by atoms with Crippen LogP contribution in [0, 0.1) is 5.92 Å². The lowest BCUT2D eigenvalue weighted by atomic mass is 9.80. The molecule has 1 aliphatic carbocycles. The Labute approximate surface area is 139 Å². The monoisotopic (exact) mass is 334 g/mol. The molecular formula is C17H19ClN2OS. The van der Waals surface area contributed by atoms with Crippen LogP contribution in [0.3, 0.4) is 0 Å². The molecule has 1 N–H and O–H groups in total. The van der Waals surface area contributed by atoms with E-state index in [4.69, 9.17) is 11.6 Å². The van der Waals surface area contributed by atoms with Crippen LogP contribution < -0.4 is 5.32 Å². The molecule has 0 aliphatic heterocycles. The molecule has 1 fully saturated rings. The zero-order valence-electron chi connectivity index (χ0n) is 12.3. The number of nitrogens with zero attached hydrogens (tertiary/aromatic N) is 1. The molecule has 0 radical (unpaired) electrons. The first-order chi connectivity index (χ1) is 10.7. The van der Waals surface area contributed by atoms with Crippen molar-refractivity contribution in [2.45, 2.75) is 38.0 Å². The molecule has 22 heavy (non-hydrogen) atoms. The molecule has 0 unspecified atom stereocenters. The summed E-state index contributed by atoms with van der Waals surface area (Å²) in [5, 5.41) is 3.63. The number of anilines is 1. The fourth-order valence-corrected chi connectivity index (χ4v) is 4.01. The molecule has 3 rings (SSSR count). The highest BCUT2D eigenvalue weighted by Crippen LogP contribution is 2.38. The predicted octanol–water partition coefficient (Wildman–Crippen LogP) is 5.10. The van der Waals surface area contributed by atoms with E-state index in [1.54, 1.807) is 23.5 Å². The highest BCUT2D eigenvalue weighted by atomic mass is 35.5. The molecule has 1 heterocycles. The predicted molar refractivity (Wildman–Crippen MR) is 91.5 cm³/mol. The van der Waals surface area contributed by atoms with Crippen LogP contribution in [0.2, 0.25) is 5.02 Å². The van der Waals surface area contributed by atoms with Gasteiger partial charge in [0.25, 0.3) is 0 Å². The minimum atomic E-state index is 0.101. The van der Waals surface area contributed by atoms with E-state index in [-0.39, 0.29) is 5.91 Å². The van der Waals surface area contributed by atoms with Gasteiger partial charge in [0.2, 0.25) is 5.91 Å². The van der Waals surface area contributed by atoms with Crippen molar-refractivity contribution < 1.29 is 4.79 Å². The van der Waals surface area contributed by atoms with Crippen LogP contribution >= 0.6 is 22.9 Å². The minimum Gasteiger partial charge on any atom is -0.326 e. The Morgan fingerprint density at radius 2 is 1.95 bits per heavy atom. The van der Waals surface area contributed by atoms with Crippen LogP contribution in [0.15, 0.2) is 36.0 Å². The van der Waals surface area contributed by atoms with Crippen molar-refractivity contribution in [2.24, 2.45) is 5.92 Å². The van der Waals surface area contributed by atoms with Gasteiger partial charge < -0.3 is 5.32 Å². The summed E-state index contributed by atoms with van der Waals surface area (Å²) in [5.74, 6) is 1.24. The Morgan fingerprint density at radius 1 is 1.23 bits per heavy atom. The Morgan fingerprint density at radius 3 is 2.59 bits per heavy atom. The van der Waals surface area contributed by atoms with Gasteiger partial charge in [0, 0.05) is 28.2 Å². The topological polar surface area (TPSA) is 42.0 Å². The van der Waals surface area contributed by atoms with Gasteiger partial charge in [0.1, 0.15) is 0 Å². The Kier molecular flexibility index (Phi) is 5.11. The van der Waals surface area contributed by atoms with Gasteiger partial charge in [-0.05, 0) is 61.8 Å². The largest absolute Gasteiger partial charge is 0.326 e. The van der Waals surface area contributed by atoms with Gasteiger partial charge in [0.05, 0.1) is 5.51 Å². The van der Waals surface area contributed by atoms with Crippen LogP contribution in [0.25, 0.3) is 0 Å². The van der Waals surface area contributed by atoms with Crippen LogP contribution in [0.4, 0.5) is 5.69 Å². The van der Waals surface area contributed by atoms with E-state index < -0.39 is 0 Å². The van der Waals surface area contributed by atoms with Crippen LogP contribution in [0.1, 0.15) is 42.9 Å². The maximum absolute atomic E-state index is 12.1. The van der Waals surface area contributed by atoms with E-state index in [9.17, 15) is 4.79 Å². The second kappa shape index (κ2) is 7.25. The number of hydrogen-bond acceptors (Lipinski definition) is 3. The number of hydrogen-bond donors (Lipinski definition) is 1. The summed E-state index contributed by atoms with van der Waals surface area (Å²) < 4.78 is 0. The Bertz CT molecular complexity index is 604. The molecule has 0 bridgehead atoms. The van der Waals surface area contributed by atoms with Crippen molar-refractivity contribution in [3.05, 3.63) is 45.9 Å². The zero-order valence-corrected chi connectivity index (χ0v) is 13.9. The van der Waals surface area contributed by atoms with E-state index in [0.717, 1.165) is 18.5 Å². The smallest absolute Gasteiger partial charge is 0.224 e. The molecule has 1 aliphatic rings. The van der Waals surface area contributed by atoms with E-state index in [1.807, 2.05) is 23.8 Å². The minimum absolute atomic E-state index is 0.101. The van der Waals surface area contributed by atoms with Gasteiger partial charge in [-0.15, -0.1) is 11.3 Å². The second-order valence-electron chi connectivity index (χ2n) is 5.88. The standard InChI is InChI=1S/C17H19ClN2OS/c18-14-5-7-15(8-6-14)20-17(21)9-12-1-3-13(4-2-12)16-10-19-11-22-16/h5-8,10-13H,1-4,9H2,(H,20,21)/t12-,13-. The summed E-state index contributed by atoms with van der Waals surface area (Å²) in [5.41, 5.74) is 2.72. The molecule has 1 saturated carbocycles. The van der Waals surface area contributed by atoms with E-state index in [1.165, 1.54) is 17.7 Å². The number of rotatable bonds is 4. The number of carbonyl (C=O) groups excluding carboxylic acids is 1. The Hall–Kier alpha value is -1.39. The lowest BCUT2D eigenvalue weighted by Crippen LogP contribution is -2.20. The van der Waals surface area contributed by atoms with Crippen LogP contribution in [-0.2, 0) is 4.79 Å². The number of nitrogens with one attached hydrogen (secondary N) is 1. The van der Waals surface area contributed by atoms with E-state index >= 15 is 0 Å². The number of aromatic nitrogens is 1. The van der Waals surface area contributed by atoms with Crippen molar-refractivity contribution in [2.75, 3.05) is 5.32 Å². The van der Waals surface area contributed by atoms with Crippen molar-refractivity contribution in [3.63, 3.8) is 0 Å². The average Bonchev–Trinajstić information content (AvgIpc) is 3.05. The second-order valence-corrected chi connectivity index (χ2v) is 7.24. The fraction of sp³-hybridized carbons (Fsp3) is 0.412. The maximum atomic E-state index is 12.1. The molecule has 1 amide bonds. The highest BCUT2D eigenvalue weighted by Gasteiger charge is 2.24. The first-order valence-corrected chi connectivity index (χ1v) is 8.90. The molecule has 3 nitrogen and oxygen atoms in total. The zero-order chi connectivity index (χ0) is 15.4. The van der Waals surface area contributed by atoms with Crippen molar-refractivity contribution in [1.82, 2.24) is 4.98 Å². The molecule has 116 valence electrons. The van der Waals surface area contributed by atoms with Gasteiger partial charge in [-0.3, -0.25) is 9.78 Å². The van der Waals surface area contributed by atoms with Gasteiger partial charge in [-0.1, -0.05) is 11.6 Å². The molecule has 0 saturated heterocycles. The SMILES string of the molecule is O=C(C[C@H]1CC[C@H](c2cncs2)CC1)Nc1ccc(Cl)cc1. The van der Waals surface area contributed by atoms with Crippen LogP contribution in [-0.4, -0.2) is 10.9 Å². The van der Waals surface area contributed by atoms with Crippen LogP contribution in [0.5, 0.6) is 0 Å². The summed E-state index contributed by atoms with van der Waals surface area (Å²) in [6, 6.07) is 7.25. The van der Waals surface area contributed by atoms with Crippen molar-refractivity contribution in [3.8, 4) is 0 Å². The van der Waals surface area contributed by atoms with Gasteiger partial charge in [-0.25, -0.2) is 0 Å². The molecule has 1 aromatic heterocycles. The number of amides is 1. The highest BCUT2D eigenvalue weighted by molar-refractivity contribution is 7.09. The maximum Gasteiger partial charge on any atom is 0.224 e. The third-order valence-electron chi connectivity index (χ3n) is 4.30. The third kappa shape index (κ3) is 4.08. The molecule has 0 atom stereocenters. The summed E-state index contributed by atoms with van der Waals surface area (Å²) in [4.78, 5) is 17.7. The molecule has 2 aromatic rings. The number of thiazole rings is 1. The summed E-state index contributed by atoms with van der Waals surface area (Å²) >= 11 is 7.59. The number of halogens is 1. The summed E-state index contributed by atoms with van der Waals surface area (Å²) in [6.07, 6.45) is 7.18. The Balaban J connectivity index is 1.46. The summed E-state index contributed by atoms with van der Waals surface area (Å²) in [6.45, 7) is 0. The number of carbonyl (C=O) groups is 1. The quantitative estimate of drug-likeness (QED) is 0.845. The summed E-state index contributed by atoms with van der Waals surface area (Å²) in [7, 11) is 0. The van der Waals surface area contributed by atoms with E-state index in [0.29, 0.717) is 23.3 Å². The van der Waals surface area contributed by atoms with Gasteiger partial charge in [0.15, 0.2) is 0 Å². The molecular weight excluding hydrogens is 316 g/mol. The third-order valence-corrected chi connectivity index (χ3v) is 5.49. The van der Waals surface area contributed by atoms with Crippen molar-refractivity contribution in [1.29, 1.82) is 0 Å². The lowest BCUT2D eigenvalue weighted by Gasteiger charge is -2.27. The first kappa shape index (κ1) is 15.5. The fourth-order valence-electron chi connectivity index (χ4n) is 3.09. The first-order valence-electron chi connectivity index (χ1n) is 7.64. The van der Waals surface area contributed by atoms with Gasteiger partial charge >= 0.3 is 0 Å². The van der Waals surface area contributed by atoms with Gasteiger partial charge in [-0.2, -0.15) is 0 Å². The van der Waals surface area contributed by atoms with Crippen molar-refractivity contribution >= 4 is 34.5 Å². The molecule has 5 heteroatoms.